The zero-order valence-electron chi connectivity index (χ0n) is 11.6. The van der Waals surface area contributed by atoms with Gasteiger partial charge in [-0.15, -0.1) is 0 Å². The molecule has 2 aromatic heterocycles. The third-order valence-corrected chi connectivity index (χ3v) is 3.05. The van der Waals surface area contributed by atoms with Crippen molar-refractivity contribution >= 4 is 0 Å². The molecule has 0 aliphatic carbocycles. The van der Waals surface area contributed by atoms with Gasteiger partial charge in [0.05, 0.1) is 17.9 Å². The van der Waals surface area contributed by atoms with Gasteiger partial charge in [0, 0.05) is 31.5 Å². The van der Waals surface area contributed by atoms with Crippen LogP contribution in [0.3, 0.4) is 0 Å². The van der Waals surface area contributed by atoms with Crippen LogP contribution >= 0.6 is 0 Å². The Morgan fingerprint density at radius 1 is 1.33 bits per heavy atom. The van der Waals surface area contributed by atoms with Gasteiger partial charge in [-0.25, -0.2) is 0 Å². The lowest BCUT2D eigenvalue weighted by Gasteiger charge is -2.12. The minimum atomic E-state index is 0.507. The lowest BCUT2D eigenvalue weighted by molar-refractivity contribution is 0.558. The Balaban J connectivity index is 2.10. The van der Waals surface area contributed by atoms with Gasteiger partial charge in [0.25, 0.3) is 0 Å². The Bertz CT molecular complexity index is 508. The second kappa shape index (κ2) is 5.40. The van der Waals surface area contributed by atoms with Crippen molar-refractivity contribution in [2.75, 3.05) is 0 Å². The third-order valence-electron chi connectivity index (χ3n) is 3.05. The molecule has 1 N–H and O–H groups in total. The molecule has 0 radical (unpaired) electrons. The van der Waals surface area contributed by atoms with E-state index < -0.39 is 0 Å². The molecular weight excluding hydrogens is 224 g/mol. The van der Waals surface area contributed by atoms with E-state index in [0.717, 1.165) is 18.8 Å². The maximum Gasteiger partial charge on any atom is 0.0642 e. The summed E-state index contributed by atoms with van der Waals surface area (Å²) in [4.78, 5) is 0. The van der Waals surface area contributed by atoms with Gasteiger partial charge in [0.2, 0.25) is 0 Å². The monoisotopic (exact) mass is 246 g/mol. The predicted octanol–water partition coefficient (Wildman–Crippen LogP) is 2.08. The van der Waals surface area contributed by atoms with E-state index in [4.69, 9.17) is 0 Å². The van der Waals surface area contributed by atoms with Gasteiger partial charge in [0.1, 0.15) is 0 Å². The van der Waals surface area contributed by atoms with Crippen molar-refractivity contribution in [3.05, 3.63) is 41.5 Å². The predicted molar refractivity (Wildman–Crippen MR) is 73.5 cm³/mol. The summed E-state index contributed by atoms with van der Waals surface area (Å²) in [6, 6.07) is 6.91. The molecule has 2 heterocycles. The van der Waals surface area contributed by atoms with Gasteiger partial charge in [-0.1, -0.05) is 13.8 Å². The highest BCUT2D eigenvalue weighted by molar-refractivity contribution is 5.13. The van der Waals surface area contributed by atoms with E-state index in [9.17, 15) is 0 Å². The van der Waals surface area contributed by atoms with Crippen LogP contribution in [0.2, 0.25) is 0 Å². The van der Waals surface area contributed by atoms with Gasteiger partial charge in [-0.05, 0) is 25.1 Å². The average molecular weight is 246 g/mol. The summed E-state index contributed by atoms with van der Waals surface area (Å²) < 4.78 is 4.22. The molecule has 0 unspecified atom stereocenters. The summed E-state index contributed by atoms with van der Waals surface area (Å²) >= 11 is 0. The van der Waals surface area contributed by atoms with Gasteiger partial charge in [-0.2, -0.15) is 5.10 Å². The first-order chi connectivity index (χ1) is 8.56. The minimum Gasteiger partial charge on any atom is -0.344 e. The highest BCUT2D eigenvalue weighted by Crippen LogP contribution is 2.09. The fraction of sp³-hybridized carbons (Fsp3) is 0.500. The molecule has 0 amide bonds. The van der Waals surface area contributed by atoms with E-state index in [1.807, 2.05) is 18.7 Å². The largest absolute Gasteiger partial charge is 0.344 e. The zero-order chi connectivity index (χ0) is 13.1. The number of rotatable bonds is 5. The van der Waals surface area contributed by atoms with Crippen molar-refractivity contribution in [2.45, 2.75) is 39.9 Å². The summed E-state index contributed by atoms with van der Waals surface area (Å²) in [7, 11) is 2.00. The molecule has 4 heteroatoms. The number of nitrogens with one attached hydrogen (secondary N) is 1. The van der Waals surface area contributed by atoms with Crippen molar-refractivity contribution in [1.82, 2.24) is 19.7 Å². The number of nitrogens with zero attached hydrogens (tertiary/aromatic N) is 3. The molecule has 2 aromatic rings. The SMILES string of the molecule is Cc1cc(Cn2cccc2CNC(C)C)n(C)n1. The van der Waals surface area contributed by atoms with Crippen LogP contribution in [0.1, 0.15) is 30.9 Å². The van der Waals surface area contributed by atoms with Crippen LogP contribution in [0.5, 0.6) is 0 Å². The molecule has 0 aromatic carbocycles. The van der Waals surface area contributed by atoms with E-state index in [2.05, 4.69) is 53.2 Å². The van der Waals surface area contributed by atoms with Crippen LogP contribution in [0.15, 0.2) is 24.4 Å². The van der Waals surface area contributed by atoms with Gasteiger partial charge in [0.15, 0.2) is 0 Å². The van der Waals surface area contributed by atoms with Gasteiger partial charge >= 0.3 is 0 Å². The molecular formula is C14H22N4. The summed E-state index contributed by atoms with van der Waals surface area (Å²) in [6.07, 6.45) is 2.12. The first-order valence-corrected chi connectivity index (χ1v) is 6.43. The van der Waals surface area contributed by atoms with Crippen molar-refractivity contribution in [3.63, 3.8) is 0 Å². The Kier molecular flexibility index (Phi) is 3.87. The van der Waals surface area contributed by atoms with Crippen molar-refractivity contribution < 1.29 is 0 Å². The second-order valence-electron chi connectivity index (χ2n) is 5.06. The molecule has 0 spiro atoms. The zero-order valence-corrected chi connectivity index (χ0v) is 11.6. The van der Waals surface area contributed by atoms with Crippen LogP contribution in [-0.2, 0) is 20.1 Å². The molecule has 0 saturated heterocycles. The minimum absolute atomic E-state index is 0.507. The standard InChI is InChI=1S/C14H22N4/c1-11(2)15-9-13-6-5-7-18(13)10-14-8-12(3)16-17(14)4/h5-8,11,15H,9-10H2,1-4H3. The smallest absolute Gasteiger partial charge is 0.0642 e. The molecule has 0 aliphatic rings. The van der Waals surface area contributed by atoms with E-state index in [1.165, 1.54) is 11.4 Å². The quantitative estimate of drug-likeness (QED) is 0.876. The fourth-order valence-electron chi connectivity index (χ4n) is 2.06. The number of aromatic nitrogens is 3. The van der Waals surface area contributed by atoms with E-state index in [0.29, 0.717) is 6.04 Å². The van der Waals surface area contributed by atoms with E-state index in [1.54, 1.807) is 0 Å². The number of hydrogen-bond donors (Lipinski definition) is 1. The Labute approximate surface area is 109 Å². The Morgan fingerprint density at radius 3 is 2.72 bits per heavy atom. The van der Waals surface area contributed by atoms with E-state index in [-0.39, 0.29) is 0 Å². The summed E-state index contributed by atoms with van der Waals surface area (Å²) in [5.74, 6) is 0. The lowest BCUT2D eigenvalue weighted by atomic mass is 10.3. The van der Waals surface area contributed by atoms with Crippen molar-refractivity contribution in [2.24, 2.45) is 7.05 Å². The fourth-order valence-corrected chi connectivity index (χ4v) is 2.06. The van der Waals surface area contributed by atoms with Crippen molar-refractivity contribution in [3.8, 4) is 0 Å². The first-order valence-electron chi connectivity index (χ1n) is 6.43. The molecule has 0 saturated carbocycles. The summed E-state index contributed by atoms with van der Waals surface area (Å²) in [6.45, 7) is 8.14. The second-order valence-corrected chi connectivity index (χ2v) is 5.06. The van der Waals surface area contributed by atoms with Crippen LogP contribution in [0.25, 0.3) is 0 Å². The molecule has 2 rings (SSSR count). The molecule has 0 aliphatic heterocycles. The maximum atomic E-state index is 4.38. The molecule has 18 heavy (non-hydrogen) atoms. The molecule has 4 nitrogen and oxygen atoms in total. The molecule has 0 fully saturated rings. The van der Waals surface area contributed by atoms with Crippen LogP contribution in [0, 0.1) is 6.92 Å². The summed E-state index contributed by atoms with van der Waals surface area (Å²) in [5.41, 5.74) is 3.61. The van der Waals surface area contributed by atoms with Crippen LogP contribution in [0.4, 0.5) is 0 Å². The average Bonchev–Trinajstić information content (AvgIpc) is 2.84. The topological polar surface area (TPSA) is 34.8 Å². The highest BCUT2D eigenvalue weighted by atomic mass is 15.3. The molecule has 0 bridgehead atoms. The molecule has 0 atom stereocenters. The molecule has 98 valence electrons. The lowest BCUT2D eigenvalue weighted by Crippen LogP contribution is -2.23. The number of aryl methyl sites for hydroxylation is 2. The normalized spacial score (nSPS) is 11.4. The van der Waals surface area contributed by atoms with Gasteiger partial charge < -0.3 is 9.88 Å². The maximum absolute atomic E-state index is 4.38. The Hall–Kier alpha value is -1.55. The van der Waals surface area contributed by atoms with Crippen LogP contribution < -0.4 is 5.32 Å². The van der Waals surface area contributed by atoms with E-state index >= 15 is 0 Å². The third kappa shape index (κ3) is 3.01. The van der Waals surface area contributed by atoms with Crippen LogP contribution in [-0.4, -0.2) is 20.4 Å². The summed E-state index contributed by atoms with van der Waals surface area (Å²) in [5, 5.41) is 7.83. The van der Waals surface area contributed by atoms with Gasteiger partial charge in [-0.3, -0.25) is 4.68 Å². The first kappa shape index (κ1) is 12.9. The highest BCUT2D eigenvalue weighted by Gasteiger charge is 2.06. The number of hydrogen-bond acceptors (Lipinski definition) is 2. The Morgan fingerprint density at radius 2 is 2.11 bits per heavy atom. The van der Waals surface area contributed by atoms with Crippen molar-refractivity contribution in [1.29, 1.82) is 0 Å².